The van der Waals surface area contributed by atoms with E-state index >= 15 is 0 Å². The Morgan fingerprint density at radius 2 is 2.03 bits per heavy atom. The summed E-state index contributed by atoms with van der Waals surface area (Å²) < 4.78 is 49.3. The Hall–Kier alpha value is -4.00. The lowest BCUT2D eigenvalue weighted by Gasteiger charge is -2.33. The first-order valence-corrected chi connectivity index (χ1v) is 10.6. The fourth-order valence-electron chi connectivity index (χ4n) is 3.50. The molecule has 184 valence electrons. The molecule has 1 fully saturated rings. The molecule has 1 amide bonds. The van der Waals surface area contributed by atoms with Gasteiger partial charge in [0.1, 0.15) is 5.75 Å². The van der Waals surface area contributed by atoms with Gasteiger partial charge in [0.25, 0.3) is 5.91 Å². The van der Waals surface area contributed by atoms with Gasteiger partial charge in [0.2, 0.25) is 5.95 Å². The maximum atomic E-state index is 14.5. The standard InChI is InChI=1S/C22H22F3N7O3/c1-12-11-34-8-7-32(12)22-27-10-16(23)19(29-22)28-17-9-15(18(31-30-17)20(33)26-2)13-3-5-14(6-4-13)35-21(24)25/h3-6,9-10,12,21H,7-8,11H2,1-2H3,(H,26,33)(H,27,28,29,30). The average Bonchev–Trinajstić information content (AvgIpc) is 2.85. The lowest BCUT2D eigenvalue weighted by molar-refractivity contribution is -0.0498. The van der Waals surface area contributed by atoms with E-state index in [0.29, 0.717) is 36.8 Å². The molecule has 10 nitrogen and oxygen atoms in total. The van der Waals surface area contributed by atoms with Crippen LogP contribution in [0.25, 0.3) is 11.1 Å². The molecule has 0 bridgehead atoms. The van der Waals surface area contributed by atoms with Crippen LogP contribution in [0.1, 0.15) is 17.4 Å². The molecule has 3 aromatic rings. The van der Waals surface area contributed by atoms with E-state index in [1.165, 1.54) is 37.4 Å². The summed E-state index contributed by atoms with van der Waals surface area (Å²) in [6.07, 6.45) is 1.06. The molecule has 3 heterocycles. The highest BCUT2D eigenvalue weighted by molar-refractivity contribution is 5.99. The van der Waals surface area contributed by atoms with Crippen molar-refractivity contribution in [3.05, 3.63) is 48.0 Å². The van der Waals surface area contributed by atoms with Crippen LogP contribution >= 0.6 is 0 Å². The third-order valence-corrected chi connectivity index (χ3v) is 5.23. The lowest BCUT2D eigenvalue weighted by atomic mass is 10.0. The molecule has 0 radical (unpaired) electrons. The van der Waals surface area contributed by atoms with E-state index in [9.17, 15) is 18.0 Å². The Bertz CT molecular complexity index is 1200. The Labute approximate surface area is 198 Å². The summed E-state index contributed by atoms with van der Waals surface area (Å²) in [6, 6.07) is 7.16. The molecule has 0 aliphatic carbocycles. The number of amides is 1. The van der Waals surface area contributed by atoms with Crippen LogP contribution in [0, 0.1) is 5.82 Å². The van der Waals surface area contributed by atoms with Gasteiger partial charge in [-0.05, 0) is 30.7 Å². The summed E-state index contributed by atoms with van der Waals surface area (Å²) in [5.41, 5.74) is 0.808. The number of ether oxygens (including phenoxy) is 2. The molecule has 4 rings (SSSR count). The number of morpholine rings is 1. The fraction of sp³-hybridized carbons (Fsp3) is 0.318. The highest BCUT2D eigenvalue weighted by atomic mass is 19.3. The molecule has 0 saturated carbocycles. The molecule has 35 heavy (non-hydrogen) atoms. The first kappa shape index (κ1) is 24.1. The van der Waals surface area contributed by atoms with E-state index in [1.807, 2.05) is 11.8 Å². The molecule has 1 saturated heterocycles. The van der Waals surface area contributed by atoms with Crippen LogP contribution in [0.5, 0.6) is 5.75 Å². The van der Waals surface area contributed by atoms with Crippen molar-refractivity contribution in [2.45, 2.75) is 19.6 Å². The number of anilines is 3. The van der Waals surface area contributed by atoms with Crippen LogP contribution in [-0.2, 0) is 4.74 Å². The van der Waals surface area contributed by atoms with E-state index in [4.69, 9.17) is 4.74 Å². The number of hydrogen-bond acceptors (Lipinski definition) is 9. The van der Waals surface area contributed by atoms with E-state index in [-0.39, 0.29) is 29.1 Å². The van der Waals surface area contributed by atoms with Crippen molar-refractivity contribution in [1.82, 2.24) is 25.5 Å². The zero-order chi connectivity index (χ0) is 24.9. The number of aromatic nitrogens is 4. The van der Waals surface area contributed by atoms with Crippen molar-refractivity contribution >= 4 is 23.5 Å². The molecule has 0 spiro atoms. The van der Waals surface area contributed by atoms with Gasteiger partial charge in [-0.3, -0.25) is 4.79 Å². The van der Waals surface area contributed by atoms with Gasteiger partial charge in [-0.2, -0.15) is 13.8 Å². The van der Waals surface area contributed by atoms with Gasteiger partial charge >= 0.3 is 6.61 Å². The Morgan fingerprint density at radius 1 is 1.26 bits per heavy atom. The Morgan fingerprint density at radius 3 is 2.71 bits per heavy atom. The Kier molecular flexibility index (Phi) is 7.25. The number of nitrogens with zero attached hydrogens (tertiary/aromatic N) is 5. The summed E-state index contributed by atoms with van der Waals surface area (Å²) in [6.45, 7) is 0.549. The van der Waals surface area contributed by atoms with Crippen LogP contribution in [0.2, 0.25) is 0 Å². The summed E-state index contributed by atoms with van der Waals surface area (Å²) in [4.78, 5) is 22.6. The van der Waals surface area contributed by atoms with Gasteiger partial charge in [0.15, 0.2) is 23.1 Å². The smallest absolute Gasteiger partial charge is 0.387 e. The van der Waals surface area contributed by atoms with Gasteiger partial charge in [-0.1, -0.05) is 12.1 Å². The Balaban J connectivity index is 1.66. The van der Waals surface area contributed by atoms with Gasteiger partial charge in [-0.15, -0.1) is 10.2 Å². The minimum absolute atomic E-state index is 0.00781. The number of carbonyl (C=O) groups is 1. The second kappa shape index (κ2) is 10.5. The van der Waals surface area contributed by atoms with E-state index < -0.39 is 18.3 Å². The van der Waals surface area contributed by atoms with Gasteiger partial charge < -0.3 is 25.0 Å². The maximum absolute atomic E-state index is 14.5. The number of rotatable bonds is 7. The van der Waals surface area contributed by atoms with Crippen LogP contribution in [-0.4, -0.2) is 65.5 Å². The van der Waals surface area contributed by atoms with Gasteiger partial charge in [0.05, 0.1) is 25.5 Å². The quantitative estimate of drug-likeness (QED) is 0.517. The zero-order valence-electron chi connectivity index (χ0n) is 18.8. The SMILES string of the molecule is CNC(=O)c1nnc(Nc2nc(N3CCOCC3C)ncc2F)cc1-c1ccc(OC(F)F)cc1. The van der Waals surface area contributed by atoms with Gasteiger partial charge in [0, 0.05) is 19.2 Å². The maximum Gasteiger partial charge on any atom is 0.387 e. The van der Waals surface area contributed by atoms with Crippen molar-refractivity contribution in [3.8, 4) is 16.9 Å². The molecule has 2 N–H and O–H groups in total. The molecular formula is C22H22F3N7O3. The molecule has 1 aliphatic heterocycles. The van der Waals surface area contributed by atoms with E-state index in [0.717, 1.165) is 6.20 Å². The number of nitrogens with one attached hydrogen (secondary N) is 2. The molecule has 1 atom stereocenters. The number of benzene rings is 1. The second-order valence-corrected chi connectivity index (χ2v) is 7.58. The number of halogens is 3. The summed E-state index contributed by atoms with van der Waals surface area (Å²) in [5, 5.41) is 13.2. The van der Waals surface area contributed by atoms with E-state index in [1.54, 1.807) is 0 Å². The molecule has 1 unspecified atom stereocenters. The van der Waals surface area contributed by atoms with Crippen LogP contribution in [0.4, 0.5) is 30.8 Å². The van der Waals surface area contributed by atoms with Crippen molar-refractivity contribution in [2.75, 3.05) is 37.0 Å². The minimum atomic E-state index is -2.96. The summed E-state index contributed by atoms with van der Waals surface area (Å²) in [7, 11) is 1.43. The first-order chi connectivity index (χ1) is 16.9. The number of hydrogen-bond donors (Lipinski definition) is 2. The fourth-order valence-corrected chi connectivity index (χ4v) is 3.50. The van der Waals surface area contributed by atoms with Crippen molar-refractivity contribution in [2.24, 2.45) is 0 Å². The lowest BCUT2D eigenvalue weighted by Crippen LogP contribution is -2.44. The number of alkyl halides is 2. The first-order valence-electron chi connectivity index (χ1n) is 10.6. The van der Waals surface area contributed by atoms with Crippen LogP contribution in [0.3, 0.4) is 0 Å². The third kappa shape index (κ3) is 5.57. The van der Waals surface area contributed by atoms with Crippen LogP contribution in [0.15, 0.2) is 36.5 Å². The summed E-state index contributed by atoms with van der Waals surface area (Å²) in [5.74, 6) is -0.944. The van der Waals surface area contributed by atoms with E-state index in [2.05, 4.69) is 35.5 Å². The predicted molar refractivity (Wildman–Crippen MR) is 120 cm³/mol. The predicted octanol–water partition coefficient (Wildman–Crippen LogP) is 3.00. The average molecular weight is 489 g/mol. The molecule has 1 aliphatic rings. The number of carbonyl (C=O) groups excluding carboxylic acids is 1. The second-order valence-electron chi connectivity index (χ2n) is 7.58. The summed E-state index contributed by atoms with van der Waals surface area (Å²) >= 11 is 0. The monoisotopic (exact) mass is 489 g/mol. The normalized spacial score (nSPS) is 15.7. The van der Waals surface area contributed by atoms with Crippen molar-refractivity contribution < 1.29 is 27.4 Å². The molecular weight excluding hydrogens is 467 g/mol. The minimum Gasteiger partial charge on any atom is -0.435 e. The molecule has 2 aromatic heterocycles. The third-order valence-electron chi connectivity index (χ3n) is 5.23. The van der Waals surface area contributed by atoms with Gasteiger partial charge in [-0.25, -0.2) is 9.37 Å². The topological polar surface area (TPSA) is 114 Å². The highest BCUT2D eigenvalue weighted by Crippen LogP contribution is 2.28. The highest BCUT2D eigenvalue weighted by Gasteiger charge is 2.23. The zero-order valence-corrected chi connectivity index (χ0v) is 18.8. The molecule has 1 aromatic carbocycles. The van der Waals surface area contributed by atoms with Crippen LogP contribution < -0.4 is 20.3 Å². The molecule has 13 heteroatoms. The van der Waals surface area contributed by atoms with Crippen molar-refractivity contribution in [1.29, 1.82) is 0 Å². The largest absolute Gasteiger partial charge is 0.435 e. The van der Waals surface area contributed by atoms with Crippen molar-refractivity contribution in [3.63, 3.8) is 0 Å².